The van der Waals surface area contributed by atoms with E-state index in [1.54, 1.807) is 30.6 Å². The Kier molecular flexibility index (Phi) is 7.51. The highest BCUT2D eigenvalue weighted by Crippen LogP contribution is 2.13. The molecule has 1 fully saturated rings. The van der Waals surface area contributed by atoms with Gasteiger partial charge in [-0.15, -0.1) is 12.4 Å². The number of piperazine rings is 1. The summed E-state index contributed by atoms with van der Waals surface area (Å²) >= 11 is 0. The van der Waals surface area contributed by atoms with Crippen LogP contribution in [0.25, 0.3) is 0 Å². The van der Waals surface area contributed by atoms with Gasteiger partial charge in [0.15, 0.2) is 0 Å². The molecule has 0 atom stereocenters. The molecular formula is C18H23ClN6O2. The minimum Gasteiger partial charge on any atom is -0.339 e. The van der Waals surface area contributed by atoms with Crippen LogP contribution in [0.4, 0.5) is 11.6 Å². The van der Waals surface area contributed by atoms with E-state index < -0.39 is 0 Å². The van der Waals surface area contributed by atoms with Crippen LogP contribution in [0.1, 0.15) is 5.56 Å². The Morgan fingerprint density at radius 1 is 1.04 bits per heavy atom. The monoisotopic (exact) mass is 390 g/mol. The summed E-state index contributed by atoms with van der Waals surface area (Å²) in [6.45, 7) is 2.70. The maximum atomic E-state index is 12.5. The second kappa shape index (κ2) is 9.84. The first kappa shape index (κ1) is 20.6. The van der Waals surface area contributed by atoms with Crippen LogP contribution in [0.15, 0.2) is 42.7 Å². The lowest BCUT2D eigenvalue weighted by Crippen LogP contribution is -2.49. The van der Waals surface area contributed by atoms with Gasteiger partial charge in [0.05, 0.1) is 13.0 Å². The van der Waals surface area contributed by atoms with Crippen molar-refractivity contribution in [3.05, 3.63) is 48.3 Å². The minimum absolute atomic E-state index is 0. The number of hydrogen-bond donors (Lipinski definition) is 2. The zero-order valence-electron chi connectivity index (χ0n) is 14.9. The fraction of sp³-hybridized carbons (Fsp3) is 0.333. The van der Waals surface area contributed by atoms with Crippen molar-refractivity contribution >= 4 is 35.9 Å². The molecule has 0 spiro atoms. The Morgan fingerprint density at radius 3 is 2.26 bits per heavy atom. The van der Waals surface area contributed by atoms with Gasteiger partial charge in [-0.3, -0.25) is 9.59 Å². The quantitative estimate of drug-likeness (QED) is 0.778. The van der Waals surface area contributed by atoms with Crippen LogP contribution in [-0.4, -0.2) is 59.4 Å². The maximum absolute atomic E-state index is 12.5. The van der Waals surface area contributed by atoms with Gasteiger partial charge < -0.3 is 20.9 Å². The summed E-state index contributed by atoms with van der Waals surface area (Å²) < 4.78 is 0. The molecule has 2 aromatic rings. The molecule has 8 nitrogen and oxygen atoms in total. The minimum atomic E-state index is -0.242. The van der Waals surface area contributed by atoms with Crippen LogP contribution in [0.5, 0.6) is 0 Å². The average Bonchev–Trinajstić information content (AvgIpc) is 2.70. The van der Waals surface area contributed by atoms with Crippen LogP contribution < -0.4 is 16.0 Å². The number of aromatic nitrogens is 2. The van der Waals surface area contributed by atoms with E-state index in [9.17, 15) is 9.59 Å². The summed E-state index contributed by atoms with van der Waals surface area (Å²) in [6.07, 6.45) is 3.78. The summed E-state index contributed by atoms with van der Waals surface area (Å²) in [4.78, 5) is 36.2. The lowest BCUT2D eigenvalue weighted by molar-refractivity contribution is -0.130. The van der Waals surface area contributed by atoms with E-state index in [0.29, 0.717) is 31.1 Å². The third-order valence-electron chi connectivity index (χ3n) is 4.25. The highest BCUT2D eigenvalue weighted by molar-refractivity contribution is 5.92. The Hall–Kier alpha value is -2.71. The van der Waals surface area contributed by atoms with E-state index in [1.807, 2.05) is 17.0 Å². The standard InChI is InChI=1S/C18H22N6O2.ClH/c19-13-16(25)22-15-4-2-14(3-5-15)12-17(26)23-8-10-24(11-9-23)18-20-6-1-7-21-18;/h1-7H,8-13,19H2,(H,22,25);1H. The topological polar surface area (TPSA) is 104 Å². The number of rotatable bonds is 5. The first-order valence-electron chi connectivity index (χ1n) is 8.54. The largest absolute Gasteiger partial charge is 0.339 e. The predicted octanol–water partition coefficient (Wildman–Crippen LogP) is 0.687. The van der Waals surface area contributed by atoms with Crippen molar-refractivity contribution in [2.24, 2.45) is 5.73 Å². The third-order valence-corrected chi connectivity index (χ3v) is 4.25. The zero-order chi connectivity index (χ0) is 18.4. The summed E-state index contributed by atoms with van der Waals surface area (Å²) in [5.41, 5.74) is 6.86. The van der Waals surface area contributed by atoms with Crippen molar-refractivity contribution in [2.45, 2.75) is 6.42 Å². The van der Waals surface area contributed by atoms with Crippen LogP contribution in [0.3, 0.4) is 0 Å². The van der Waals surface area contributed by atoms with E-state index in [1.165, 1.54) is 0 Å². The molecule has 1 aromatic carbocycles. The summed E-state index contributed by atoms with van der Waals surface area (Å²) in [5, 5.41) is 2.68. The summed E-state index contributed by atoms with van der Waals surface area (Å²) in [5.74, 6) is 0.557. The Balaban J connectivity index is 0.00000261. The molecule has 0 radical (unpaired) electrons. The number of benzene rings is 1. The molecule has 1 aromatic heterocycles. The average molecular weight is 391 g/mol. The summed E-state index contributed by atoms with van der Waals surface area (Å²) in [6, 6.07) is 9.04. The first-order chi connectivity index (χ1) is 12.7. The molecule has 3 N–H and O–H groups in total. The number of anilines is 2. The van der Waals surface area contributed by atoms with Crippen molar-refractivity contribution in [1.29, 1.82) is 0 Å². The lowest BCUT2D eigenvalue weighted by Gasteiger charge is -2.34. The molecule has 1 aliphatic rings. The van der Waals surface area contributed by atoms with Gasteiger partial charge in [-0.2, -0.15) is 0 Å². The van der Waals surface area contributed by atoms with Crippen molar-refractivity contribution in [3.63, 3.8) is 0 Å². The lowest BCUT2D eigenvalue weighted by atomic mass is 10.1. The molecular weight excluding hydrogens is 368 g/mol. The van der Waals surface area contributed by atoms with E-state index in [4.69, 9.17) is 5.73 Å². The number of hydrogen-bond acceptors (Lipinski definition) is 6. The second-order valence-corrected chi connectivity index (χ2v) is 6.04. The van der Waals surface area contributed by atoms with E-state index in [0.717, 1.165) is 18.7 Å². The fourth-order valence-corrected chi connectivity index (χ4v) is 2.81. The van der Waals surface area contributed by atoms with Crippen molar-refractivity contribution < 1.29 is 9.59 Å². The Bertz CT molecular complexity index is 748. The van der Waals surface area contributed by atoms with Gasteiger partial charge in [0, 0.05) is 44.3 Å². The molecule has 0 aliphatic carbocycles. The molecule has 2 heterocycles. The van der Waals surface area contributed by atoms with Crippen LogP contribution in [0.2, 0.25) is 0 Å². The van der Waals surface area contributed by atoms with Gasteiger partial charge in [-0.1, -0.05) is 12.1 Å². The molecule has 0 bridgehead atoms. The highest BCUT2D eigenvalue weighted by atomic mass is 35.5. The maximum Gasteiger partial charge on any atom is 0.238 e. The van der Waals surface area contributed by atoms with Crippen molar-refractivity contribution in [2.75, 3.05) is 42.9 Å². The molecule has 144 valence electrons. The van der Waals surface area contributed by atoms with Gasteiger partial charge >= 0.3 is 0 Å². The molecule has 0 unspecified atom stereocenters. The van der Waals surface area contributed by atoms with Crippen LogP contribution in [-0.2, 0) is 16.0 Å². The first-order valence-corrected chi connectivity index (χ1v) is 8.54. The van der Waals surface area contributed by atoms with Gasteiger partial charge in [-0.05, 0) is 23.8 Å². The van der Waals surface area contributed by atoms with Gasteiger partial charge in [0.1, 0.15) is 0 Å². The smallest absolute Gasteiger partial charge is 0.238 e. The number of nitrogens with zero attached hydrogens (tertiary/aromatic N) is 4. The molecule has 0 saturated carbocycles. The second-order valence-electron chi connectivity index (χ2n) is 6.04. The van der Waals surface area contributed by atoms with Crippen molar-refractivity contribution in [1.82, 2.24) is 14.9 Å². The molecule has 2 amide bonds. The van der Waals surface area contributed by atoms with Crippen LogP contribution in [0, 0.1) is 0 Å². The van der Waals surface area contributed by atoms with Gasteiger partial charge in [0.2, 0.25) is 17.8 Å². The number of carbonyl (C=O) groups excluding carboxylic acids is 2. The highest BCUT2D eigenvalue weighted by Gasteiger charge is 2.22. The van der Waals surface area contributed by atoms with Crippen molar-refractivity contribution in [3.8, 4) is 0 Å². The van der Waals surface area contributed by atoms with E-state index >= 15 is 0 Å². The van der Waals surface area contributed by atoms with E-state index in [2.05, 4.69) is 20.2 Å². The SMILES string of the molecule is Cl.NCC(=O)Nc1ccc(CC(=O)N2CCN(c3ncccn3)CC2)cc1. The molecule has 1 saturated heterocycles. The van der Waals surface area contributed by atoms with Gasteiger partial charge in [-0.25, -0.2) is 9.97 Å². The molecule has 1 aliphatic heterocycles. The fourth-order valence-electron chi connectivity index (χ4n) is 2.81. The number of halogens is 1. The Morgan fingerprint density at radius 2 is 1.67 bits per heavy atom. The van der Waals surface area contributed by atoms with Crippen LogP contribution >= 0.6 is 12.4 Å². The third kappa shape index (κ3) is 5.63. The number of nitrogens with one attached hydrogen (secondary N) is 1. The molecule has 27 heavy (non-hydrogen) atoms. The Labute approximate surface area is 164 Å². The van der Waals surface area contributed by atoms with E-state index in [-0.39, 0.29) is 30.8 Å². The zero-order valence-corrected chi connectivity index (χ0v) is 15.7. The molecule has 9 heteroatoms. The molecule has 3 rings (SSSR count). The normalized spacial score (nSPS) is 13.7. The van der Waals surface area contributed by atoms with Gasteiger partial charge in [0.25, 0.3) is 0 Å². The number of amides is 2. The predicted molar refractivity (Wildman–Crippen MR) is 106 cm³/mol. The summed E-state index contributed by atoms with van der Waals surface area (Å²) in [7, 11) is 0. The number of carbonyl (C=O) groups is 2. The number of nitrogens with two attached hydrogens (primary N) is 1.